The number of aliphatic hydroxyl groups is 2. The van der Waals surface area contributed by atoms with Crippen LogP contribution in [0.3, 0.4) is 0 Å². The summed E-state index contributed by atoms with van der Waals surface area (Å²) in [4.78, 5) is 39.5. The summed E-state index contributed by atoms with van der Waals surface area (Å²) in [5.74, 6) is -1.21. The minimum absolute atomic E-state index is 0.0151. The number of nitrogens with two attached hydrogens (primary N) is 1. The van der Waals surface area contributed by atoms with Gasteiger partial charge in [0.1, 0.15) is 5.82 Å². The Kier molecular flexibility index (Phi) is 15.6. The zero-order valence-electron chi connectivity index (χ0n) is 23.6. The van der Waals surface area contributed by atoms with Gasteiger partial charge in [-0.3, -0.25) is 14.1 Å². The number of phosphoric ester groups is 1. The van der Waals surface area contributed by atoms with Crippen molar-refractivity contribution in [2.75, 3.05) is 40.1 Å². The highest BCUT2D eigenvalue weighted by Gasteiger charge is 2.35. The molecule has 17 heteroatoms. The molecule has 1 fully saturated rings. The van der Waals surface area contributed by atoms with Gasteiger partial charge in [-0.1, -0.05) is 0 Å². The maximum atomic E-state index is 13.1. The molecule has 226 valence electrons. The van der Waals surface area contributed by atoms with Crippen LogP contribution in [0.1, 0.15) is 60.6 Å². The largest absolute Gasteiger partial charge is 0.480 e. The maximum absolute atomic E-state index is 13.1. The normalized spacial score (nSPS) is 17.3. The van der Waals surface area contributed by atoms with Crippen molar-refractivity contribution >= 4 is 25.6 Å². The lowest BCUT2D eigenvalue weighted by Gasteiger charge is -2.22. The standard InChI is InChI=1S/C20H33N4O10P.2CH4O/c1-19(2,3)16(25)29-11-32-35(28,33-12-30-17(26)20(4,5)6)31-10-13-7-8-15(34-13)24-18(27)23-14(21)9-22-24;2*1-2/h9,13,15H,7-8,10-12H2,1-6H3,(H2,21,23,27);2*2H,1H3. The number of nitrogen functional groups attached to an aromatic ring is 1. The SMILES string of the molecule is CC(C)(C)C(=O)OCOP(=O)(OCOC(=O)C(C)(C)C)OCC1CCC(n2ncc(N)nc2=O)O1.CO.CO. The third-order valence-electron chi connectivity index (χ3n) is 4.54. The van der Waals surface area contributed by atoms with Gasteiger partial charge < -0.3 is 30.2 Å². The highest BCUT2D eigenvalue weighted by atomic mass is 31.2. The van der Waals surface area contributed by atoms with E-state index in [9.17, 15) is 18.9 Å². The molecule has 0 spiro atoms. The molecule has 1 aliphatic heterocycles. The van der Waals surface area contributed by atoms with Crippen molar-refractivity contribution in [2.24, 2.45) is 10.8 Å². The van der Waals surface area contributed by atoms with Gasteiger partial charge in [0.25, 0.3) is 0 Å². The van der Waals surface area contributed by atoms with Crippen molar-refractivity contribution in [3.05, 3.63) is 16.7 Å². The molecule has 1 aliphatic rings. The van der Waals surface area contributed by atoms with Crippen LogP contribution in [0.4, 0.5) is 5.82 Å². The van der Waals surface area contributed by atoms with Gasteiger partial charge in [-0.2, -0.15) is 14.8 Å². The number of rotatable bonds is 10. The van der Waals surface area contributed by atoms with Gasteiger partial charge in [0, 0.05) is 14.2 Å². The molecule has 1 aromatic rings. The molecule has 2 rings (SSSR count). The van der Waals surface area contributed by atoms with E-state index in [4.69, 9.17) is 43.7 Å². The zero-order chi connectivity index (χ0) is 30.4. The van der Waals surface area contributed by atoms with E-state index in [-0.39, 0.29) is 12.4 Å². The van der Waals surface area contributed by atoms with E-state index in [2.05, 4.69) is 10.1 Å². The van der Waals surface area contributed by atoms with E-state index in [1.54, 1.807) is 41.5 Å². The van der Waals surface area contributed by atoms with E-state index in [1.165, 1.54) is 6.20 Å². The van der Waals surface area contributed by atoms with Crippen LogP contribution >= 0.6 is 7.82 Å². The van der Waals surface area contributed by atoms with Crippen molar-refractivity contribution in [1.82, 2.24) is 14.8 Å². The van der Waals surface area contributed by atoms with Crippen molar-refractivity contribution in [3.63, 3.8) is 0 Å². The smallest absolute Gasteiger partial charge is 0.437 e. The Balaban J connectivity index is 0.00000344. The molecule has 0 aliphatic carbocycles. The lowest BCUT2D eigenvalue weighted by Crippen LogP contribution is -2.30. The first kappa shape index (κ1) is 36.5. The van der Waals surface area contributed by atoms with Gasteiger partial charge in [0.15, 0.2) is 6.23 Å². The van der Waals surface area contributed by atoms with Crippen LogP contribution in [0.15, 0.2) is 11.0 Å². The van der Waals surface area contributed by atoms with Crippen molar-refractivity contribution in [1.29, 1.82) is 0 Å². The number of esters is 2. The molecule has 16 nitrogen and oxygen atoms in total. The highest BCUT2D eigenvalue weighted by Crippen LogP contribution is 2.50. The quantitative estimate of drug-likeness (QED) is 0.201. The topological polar surface area (TPSA) is 221 Å². The molecule has 0 aromatic carbocycles. The summed E-state index contributed by atoms with van der Waals surface area (Å²) in [7, 11) is -2.34. The first-order valence-corrected chi connectivity index (χ1v) is 13.2. The number of phosphoric acid groups is 1. The van der Waals surface area contributed by atoms with Gasteiger partial charge in [-0.05, 0) is 54.4 Å². The number of hydrogen-bond acceptors (Lipinski definition) is 15. The van der Waals surface area contributed by atoms with Crippen LogP contribution in [0.5, 0.6) is 0 Å². The molecule has 1 saturated heterocycles. The fourth-order valence-electron chi connectivity index (χ4n) is 2.56. The lowest BCUT2D eigenvalue weighted by molar-refractivity contribution is -0.163. The van der Waals surface area contributed by atoms with E-state index in [0.717, 1.165) is 18.9 Å². The predicted molar refractivity (Wildman–Crippen MR) is 137 cm³/mol. The van der Waals surface area contributed by atoms with Crippen LogP contribution in [0.2, 0.25) is 0 Å². The minimum atomic E-state index is -4.34. The minimum Gasteiger partial charge on any atom is -0.437 e. The zero-order valence-corrected chi connectivity index (χ0v) is 24.5. The number of nitrogens with zero attached hydrogens (tertiary/aromatic N) is 3. The maximum Gasteiger partial charge on any atom is 0.480 e. The number of aliphatic hydroxyl groups excluding tert-OH is 2. The number of aromatic nitrogens is 3. The summed E-state index contributed by atoms with van der Waals surface area (Å²) in [6.45, 7) is 8.13. The highest BCUT2D eigenvalue weighted by molar-refractivity contribution is 7.48. The Morgan fingerprint density at radius 1 is 1.00 bits per heavy atom. The van der Waals surface area contributed by atoms with Gasteiger partial charge in [0.2, 0.25) is 13.6 Å². The molecule has 1 aromatic heterocycles. The fraction of sp³-hybridized carbons (Fsp3) is 0.773. The van der Waals surface area contributed by atoms with Gasteiger partial charge >= 0.3 is 25.5 Å². The number of carbonyl (C=O) groups is 2. The molecule has 0 bridgehead atoms. The molecule has 0 amide bonds. The summed E-state index contributed by atoms with van der Waals surface area (Å²) >= 11 is 0. The first-order valence-electron chi connectivity index (χ1n) is 11.7. The van der Waals surface area contributed by atoms with E-state index >= 15 is 0 Å². The summed E-state index contributed by atoms with van der Waals surface area (Å²) in [6.07, 6.45) is 0.751. The van der Waals surface area contributed by atoms with E-state index < -0.39 is 62.2 Å². The Bertz CT molecular complexity index is 970. The molecule has 0 radical (unpaired) electrons. The van der Waals surface area contributed by atoms with Crippen LogP contribution in [-0.2, 0) is 41.9 Å². The number of carbonyl (C=O) groups excluding carboxylic acids is 2. The van der Waals surface area contributed by atoms with Gasteiger partial charge in [0.05, 0.1) is 29.7 Å². The van der Waals surface area contributed by atoms with Crippen LogP contribution in [0, 0.1) is 10.8 Å². The molecule has 2 heterocycles. The first-order chi connectivity index (χ1) is 18.1. The van der Waals surface area contributed by atoms with Crippen molar-refractivity contribution in [3.8, 4) is 0 Å². The monoisotopic (exact) mass is 584 g/mol. The summed E-state index contributed by atoms with van der Waals surface area (Å²) in [6, 6.07) is 0. The van der Waals surface area contributed by atoms with Crippen molar-refractivity contribution < 1.29 is 52.1 Å². The fourth-order valence-corrected chi connectivity index (χ4v) is 3.49. The second-order valence-electron chi connectivity index (χ2n) is 9.80. The average Bonchev–Trinajstić information content (AvgIpc) is 3.33. The lowest BCUT2D eigenvalue weighted by atomic mass is 9.98. The Morgan fingerprint density at radius 3 is 1.92 bits per heavy atom. The molecular formula is C22H41N4O12P. The Hall–Kier alpha value is -2.46. The third kappa shape index (κ3) is 13.0. The Morgan fingerprint density at radius 2 is 1.49 bits per heavy atom. The van der Waals surface area contributed by atoms with Crippen LogP contribution < -0.4 is 11.4 Å². The second kappa shape index (κ2) is 16.6. The van der Waals surface area contributed by atoms with Gasteiger partial charge in [-0.25, -0.2) is 18.4 Å². The summed E-state index contributed by atoms with van der Waals surface area (Å²) in [5.41, 5.74) is 3.15. The molecular weight excluding hydrogens is 543 g/mol. The van der Waals surface area contributed by atoms with E-state index in [0.29, 0.717) is 12.8 Å². The van der Waals surface area contributed by atoms with Gasteiger partial charge in [-0.15, -0.1) is 0 Å². The summed E-state index contributed by atoms with van der Waals surface area (Å²) in [5, 5.41) is 17.9. The number of ether oxygens (including phenoxy) is 3. The number of anilines is 1. The summed E-state index contributed by atoms with van der Waals surface area (Å²) < 4.78 is 45.3. The van der Waals surface area contributed by atoms with Crippen molar-refractivity contribution in [2.45, 2.75) is 66.7 Å². The molecule has 39 heavy (non-hydrogen) atoms. The molecule has 0 saturated carbocycles. The predicted octanol–water partition coefficient (Wildman–Crippen LogP) is 1.37. The second-order valence-corrected chi connectivity index (χ2v) is 11.5. The third-order valence-corrected chi connectivity index (χ3v) is 5.85. The number of hydrogen-bond donors (Lipinski definition) is 3. The Labute approximate surface area is 227 Å². The molecule has 2 unspecified atom stereocenters. The molecule has 4 N–H and O–H groups in total. The van der Waals surface area contributed by atoms with Crippen LogP contribution in [0.25, 0.3) is 0 Å². The molecule has 2 atom stereocenters. The average molecular weight is 585 g/mol. The van der Waals surface area contributed by atoms with Crippen LogP contribution in [-0.4, -0.2) is 77.4 Å². The van der Waals surface area contributed by atoms with E-state index in [1.807, 2.05) is 0 Å².